The number of nitro groups is 1. The monoisotopic (exact) mass is 194 g/mol. The number of nitrogens with two attached hydrogens (primary N) is 1. The number of hydrogen-bond donors (Lipinski definition) is 2. The molecule has 2 heterocycles. The number of anilines is 1. The lowest BCUT2D eigenvalue weighted by atomic mass is 10.3. The molecule has 2 aromatic rings. The molecule has 0 spiro atoms. The Balaban J connectivity index is 2.43. The molecule has 0 bridgehead atoms. The van der Waals surface area contributed by atoms with Gasteiger partial charge in [-0.3, -0.25) is 15.2 Å². The summed E-state index contributed by atoms with van der Waals surface area (Å²) in [5.41, 5.74) is 6.36. The third kappa shape index (κ3) is 1.20. The van der Waals surface area contributed by atoms with Crippen LogP contribution < -0.4 is 5.73 Å². The van der Waals surface area contributed by atoms with Gasteiger partial charge in [0.1, 0.15) is 10.6 Å². The van der Waals surface area contributed by atoms with Gasteiger partial charge in [0.25, 0.3) is 0 Å². The Bertz CT molecular complexity index is 473. The highest BCUT2D eigenvalue weighted by atomic mass is 16.6. The molecule has 3 N–H and O–H groups in total. The summed E-state index contributed by atoms with van der Waals surface area (Å²) in [7, 11) is 0. The van der Waals surface area contributed by atoms with Crippen molar-refractivity contribution < 1.29 is 9.34 Å². The van der Waals surface area contributed by atoms with Crippen molar-refractivity contribution in [3.63, 3.8) is 0 Å². The smallest absolute Gasteiger partial charge is 0.399 e. The van der Waals surface area contributed by atoms with Crippen molar-refractivity contribution >= 4 is 11.6 Å². The van der Waals surface area contributed by atoms with E-state index in [0.29, 0.717) is 17.1 Å². The summed E-state index contributed by atoms with van der Waals surface area (Å²) in [5, 5.41) is 16.6. The summed E-state index contributed by atoms with van der Waals surface area (Å²) in [4.78, 5) is 9.71. The highest BCUT2D eigenvalue weighted by molar-refractivity contribution is 5.68. The van der Waals surface area contributed by atoms with Crippen molar-refractivity contribution in [2.75, 3.05) is 5.73 Å². The van der Waals surface area contributed by atoms with Gasteiger partial charge in [-0.25, -0.2) is 0 Å². The van der Waals surface area contributed by atoms with Gasteiger partial charge < -0.3 is 10.2 Å². The molecule has 2 aromatic heterocycles. The average Bonchev–Trinajstić information content (AvgIpc) is 2.71. The van der Waals surface area contributed by atoms with Gasteiger partial charge >= 0.3 is 5.88 Å². The van der Waals surface area contributed by atoms with E-state index in [1.165, 1.54) is 18.3 Å². The van der Waals surface area contributed by atoms with Crippen molar-refractivity contribution in [2.24, 2.45) is 0 Å². The van der Waals surface area contributed by atoms with Crippen LogP contribution in [0.2, 0.25) is 0 Å². The van der Waals surface area contributed by atoms with E-state index in [1.807, 2.05) is 0 Å². The van der Waals surface area contributed by atoms with Crippen LogP contribution in [0.5, 0.6) is 0 Å². The predicted octanol–water partition coefficient (Wildman–Crippen LogP) is 1.16. The molecule has 0 aliphatic carbocycles. The van der Waals surface area contributed by atoms with Crippen molar-refractivity contribution in [2.45, 2.75) is 0 Å². The van der Waals surface area contributed by atoms with E-state index in [2.05, 4.69) is 10.2 Å². The molecule has 7 nitrogen and oxygen atoms in total. The Morgan fingerprint density at radius 1 is 1.57 bits per heavy atom. The molecule has 0 aliphatic rings. The number of aromatic nitrogens is 2. The first kappa shape index (κ1) is 8.30. The number of H-pyrrole nitrogens is 1. The van der Waals surface area contributed by atoms with Gasteiger partial charge in [0.05, 0.1) is 18.0 Å². The number of furan rings is 1. The fourth-order valence-electron chi connectivity index (χ4n) is 1.05. The Labute approximate surface area is 77.7 Å². The minimum Gasteiger partial charge on any atom is -0.399 e. The summed E-state index contributed by atoms with van der Waals surface area (Å²) in [6.45, 7) is 0. The number of aromatic amines is 1. The molecule has 0 unspecified atom stereocenters. The van der Waals surface area contributed by atoms with Crippen LogP contribution in [0.15, 0.2) is 22.7 Å². The van der Waals surface area contributed by atoms with Crippen LogP contribution >= 0.6 is 0 Å². The van der Waals surface area contributed by atoms with Crippen molar-refractivity contribution in [1.29, 1.82) is 0 Å². The van der Waals surface area contributed by atoms with Crippen LogP contribution in [0, 0.1) is 10.1 Å². The lowest BCUT2D eigenvalue weighted by Crippen LogP contribution is -1.85. The fourth-order valence-corrected chi connectivity index (χ4v) is 1.05. The number of nitrogens with zero attached hydrogens (tertiary/aromatic N) is 2. The van der Waals surface area contributed by atoms with E-state index in [1.54, 1.807) is 0 Å². The number of nitrogens with one attached hydrogen (secondary N) is 1. The average molecular weight is 194 g/mol. The largest absolute Gasteiger partial charge is 0.433 e. The van der Waals surface area contributed by atoms with Crippen molar-refractivity contribution in [3.05, 3.63) is 28.4 Å². The Morgan fingerprint density at radius 3 is 2.86 bits per heavy atom. The molecule has 14 heavy (non-hydrogen) atoms. The zero-order valence-electron chi connectivity index (χ0n) is 6.93. The maximum absolute atomic E-state index is 10.3. The molecule has 0 fully saturated rings. The second kappa shape index (κ2) is 2.87. The molecular formula is C7H6N4O3. The first-order chi connectivity index (χ1) is 6.68. The van der Waals surface area contributed by atoms with Gasteiger partial charge in [-0.15, -0.1) is 0 Å². The maximum Gasteiger partial charge on any atom is 0.433 e. The molecular weight excluding hydrogens is 188 g/mol. The molecule has 0 aromatic carbocycles. The minimum atomic E-state index is -0.615. The summed E-state index contributed by atoms with van der Waals surface area (Å²) in [6, 6.07) is 2.72. The highest BCUT2D eigenvalue weighted by Gasteiger charge is 2.15. The van der Waals surface area contributed by atoms with Gasteiger partial charge in [-0.1, -0.05) is 0 Å². The van der Waals surface area contributed by atoms with E-state index in [-0.39, 0.29) is 5.88 Å². The van der Waals surface area contributed by atoms with Gasteiger partial charge in [0.2, 0.25) is 0 Å². The zero-order valence-corrected chi connectivity index (χ0v) is 6.93. The van der Waals surface area contributed by atoms with Crippen LogP contribution in [-0.4, -0.2) is 15.1 Å². The molecule has 0 amide bonds. The van der Waals surface area contributed by atoms with E-state index < -0.39 is 4.92 Å². The molecule has 72 valence electrons. The number of nitrogen functional groups attached to an aromatic ring is 1. The van der Waals surface area contributed by atoms with Crippen LogP contribution in [0.1, 0.15) is 0 Å². The lowest BCUT2D eigenvalue weighted by molar-refractivity contribution is -0.401. The first-order valence-electron chi connectivity index (χ1n) is 3.72. The SMILES string of the molecule is Nc1cn[nH]c1-c1ccc([N+](=O)[O-])o1. The van der Waals surface area contributed by atoms with Crippen LogP contribution in [0.4, 0.5) is 11.6 Å². The van der Waals surface area contributed by atoms with Crippen molar-refractivity contribution in [1.82, 2.24) is 10.2 Å². The maximum atomic E-state index is 10.3. The number of hydrogen-bond acceptors (Lipinski definition) is 5. The van der Waals surface area contributed by atoms with Crippen LogP contribution in [0.25, 0.3) is 11.5 Å². The second-order valence-electron chi connectivity index (χ2n) is 2.60. The fraction of sp³-hybridized carbons (Fsp3) is 0. The Morgan fingerprint density at radius 2 is 2.36 bits per heavy atom. The second-order valence-corrected chi connectivity index (χ2v) is 2.60. The third-order valence-electron chi connectivity index (χ3n) is 1.69. The van der Waals surface area contributed by atoms with E-state index in [9.17, 15) is 10.1 Å². The Hall–Kier alpha value is -2.31. The first-order valence-corrected chi connectivity index (χ1v) is 3.72. The summed E-state index contributed by atoms with van der Waals surface area (Å²) >= 11 is 0. The summed E-state index contributed by atoms with van der Waals surface area (Å²) in [6.07, 6.45) is 1.41. The molecule has 0 saturated heterocycles. The molecule has 7 heteroatoms. The minimum absolute atomic E-state index is 0.298. The molecule has 0 radical (unpaired) electrons. The third-order valence-corrected chi connectivity index (χ3v) is 1.69. The highest BCUT2D eigenvalue weighted by Crippen LogP contribution is 2.27. The zero-order chi connectivity index (χ0) is 10.1. The van der Waals surface area contributed by atoms with E-state index in [4.69, 9.17) is 10.2 Å². The van der Waals surface area contributed by atoms with E-state index in [0.717, 1.165) is 0 Å². The molecule has 0 atom stereocenters. The van der Waals surface area contributed by atoms with Gasteiger partial charge in [-0.05, 0) is 6.07 Å². The predicted molar refractivity (Wildman–Crippen MR) is 47.4 cm³/mol. The normalized spacial score (nSPS) is 10.3. The summed E-state index contributed by atoms with van der Waals surface area (Å²) in [5.74, 6) is -0.0271. The number of rotatable bonds is 2. The molecule has 0 saturated carbocycles. The van der Waals surface area contributed by atoms with Gasteiger partial charge in [-0.2, -0.15) is 5.10 Å². The lowest BCUT2D eigenvalue weighted by Gasteiger charge is -1.91. The topological polar surface area (TPSA) is 111 Å². The van der Waals surface area contributed by atoms with E-state index >= 15 is 0 Å². The quantitative estimate of drug-likeness (QED) is 0.550. The van der Waals surface area contributed by atoms with Crippen molar-refractivity contribution in [3.8, 4) is 11.5 Å². The standard InChI is InChI=1S/C7H6N4O3/c8-4-3-9-10-7(4)5-1-2-6(14-5)11(12)13/h1-3H,8H2,(H,9,10). The van der Waals surface area contributed by atoms with Crippen LogP contribution in [-0.2, 0) is 0 Å². The summed E-state index contributed by atoms with van der Waals surface area (Å²) < 4.78 is 4.92. The van der Waals surface area contributed by atoms with Crippen LogP contribution in [0.3, 0.4) is 0 Å². The van der Waals surface area contributed by atoms with Gasteiger partial charge in [0.15, 0.2) is 5.76 Å². The Kier molecular flexibility index (Phi) is 1.70. The van der Waals surface area contributed by atoms with Gasteiger partial charge in [0, 0.05) is 0 Å². The molecule has 0 aliphatic heterocycles. The molecule has 2 rings (SSSR count).